The lowest BCUT2D eigenvalue weighted by molar-refractivity contribution is -0.142. The van der Waals surface area contributed by atoms with Crippen LogP contribution in [0, 0.1) is 11.6 Å². The molecule has 0 N–H and O–H groups in total. The molecule has 1 aromatic carbocycles. The first-order valence-electron chi connectivity index (χ1n) is 7.68. The maximum Gasteiger partial charge on any atom is 0.308 e. The van der Waals surface area contributed by atoms with Gasteiger partial charge in [0.2, 0.25) is 15.8 Å². The Labute approximate surface area is 148 Å². The maximum absolute atomic E-state index is 13.6. The van der Waals surface area contributed by atoms with Gasteiger partial charge in [-0.2, -0.15) is 0 Å². The molecule has 2 aliphatic rings. The summed E-state index contributed by atoms with van der Waals surface area (Å²) < 4.78 is 62.8. The number of carbonyl (C=O) groups is 2. The van der Waals surface area contributed by atoms with Crippen molar-refractivity contribution in [2.75, 3.05) is 12.3 Å². The van der Waals surface area contributed by atoms with Crippen molar-refractivity contribution in [2.45, 2.75) is 25.9 Å². The minimum absolute atomic E-state index is 0.0311. The zero-order chi connectivity index (χ0) is 19.3. The molecule has 7 nitrogen and oxygen atoms in total. The third-order valence-corrected chi connectivity index (χ3v) is 5.94. The lowest BCUT2D eigenvalue weighted by Gasteiger charge is -2.26. The van der Waals surface area contributed by atoms with E-state index in [4.69, 9.17) is 9.47 Å². The van der Waals surface area contributed by atoms with E-state index in [1.54, 1.807) is 0 Å². The van der Waals surface area contributed by atoms with E-state index in [-0.39, 0.29) is 17.9 Å². The Balaban J connectivity index is 2.11. The van der Waals surface area contributed by atoms with Crippen LogP contribution in [-0.4, -0.2) is 36.8 Å². The van der Waals surface area contributed by atoms with E-state index < -0.39 is 50.7 Å². The smallest absolute Gasteiger partial charge is 0.308 e. The summed E-state index contributed by atoms with van der Waals surface area (Å²) >= 11 is 0. The Bertz CT molecular complexity index is 922. The fraction of sp³-hybridized carbons (Fsp3) is 0.375. The molecule has 0 saturated carbocycles. The molecule has 1 aromatic rings. The number of benzene rings is 1. The molecule has 0 radical (unpaired) electrons. The van der Waals surface area contributed by atoms with E-state index in [9.17, 15) is 26.8 Å². The van der Waals surface area contributed by atoms with Gasteiger partial charge in [-0.15, -0.1) is 0 Å². The molecular weight excluding hydrogens is 372 g/mol. The van der Waals surface area contributed by atoms with Crippen LogP contribution in [0.1, 0.15) is 25.8 Å². The number of Topliss-reactive ketones (excluding diaryl/α,β-unsaturated/α-hetero) is 1. The molecule has 0 spiro atoms. The summed E-state index contributed by atoms with van der Waals surface area (Å²) in [5.74, 6) is -4.85. The van der Waals surface area contributed by atoms with Gasteiger partial charge in [0.25, 0.3) is 11.7 Å². The van der Waals surface area contributed by atoms with Crippen LogP contribution in [0.5, 0.6) is 0 Å². The van der Waals surface area contributed by atoms with Crippen LogP contribution in [0.3, 0.4) is 0 Å². The van der Waals surface area contributed by atoms with Gasteiger partial charge in [0.15, 0.2) is 5.60 Å². The van der Waals surface area contributed by atoms with Crippen LogP contribution in [-0.2, 0) is 34.7 Å². The van der Waals surface area contributed by atoms with Crippen LogP contribution >= 0.6 is 0 Å². The number of ketones is 1. The number of nitrogens with zero attached hydrogens (tertiary/aromatic N) is 1. The molecule has 0 aromatic heterocycles. The molecule has 1 saturated heterocycles. The van der Waals surface area contributed by atoms with Crippen LogP contribution in [0.15, 0.2) is 29.8 Å². The number of rotatable bonds is 3. The van der Waals surface area contributed by atoms with Gasteiger partial charge in [0.1, 0.15) is 11.6 Å². The summed E-state index contributed by atoms with van der Waals surface area (Å²) in [4.78, 5) is 24.2. The van der Waals surface area contributed by atoms with Gasteiger partial charge in [-0.3, -0.25) is 9.59 Å². The lowest BCUT2D eigenvalue weighted by Crippen LogP contribution is -2.33. The molecule has 0 bridgehead atoms. The highest BCUT2D eigenvalue weighted by Gasteiger charge is 2.53. The monoisotopic (exact) mass is 387 g/mol. The van der Waals surface area contributed by atoms with Crippen molar-refractivity contribution in [3.63, 3.8) is 0 Å². The second kappa shape index (κ2) is 6.04. The van der Waals surface area contributed by atoms with Gasteiger partial charge in [0, 0.05) is 25.1 Å². The van der Waals surface area contributed by atoms with Crippen molar-refractivity contribution in [3.8, 4) is 0 Å². The predicted octanol–water partition coefficient (Wildman–Crippen LogP) is 1.55. The molecule has 2 aliphatic heterocycles. The number of carbonyl (C=O) groups excluding carboxylic acids is 2. The number of hydrogen-bond acceptors (Lipinski definition) is 6. The zero-order valence-electron chi connectivity index (χ0n) is 13.9. The fourth-order valence-corrected chi connectivity index (χ4v) is 4.38. The molecule has 3 rings (SSSR count). The second-order valence-electron chi connectivity index (χ2n) is 6.09. The number of hydrogen-bond donors (Lipinski definition) is 0. The van der Waals surface area contributed by atoms with Crippen molar-refractivity contribution >= 4 is 21.8 Å². The maximum atomic E-state index is 13.6. The third kappa shape index (κ3) is 2.94. The van der Waals surface area contributed by atoms with Gasteiger partial charge < -0.3 is 9.47 Å². The van der Waals surface area contributed by atoms with E-state index >= 15 is 0 Å². The number of esters is 1. The Morgan fingerprint density at radius 3 is 2.38 bits per heavy atom. The lowest BCUT2D eigenvalue weighted by atomic mass is 9.91. The van der Waals surface area contributed by atoms with Crippen molar-refractivity contribution in [2.24, 2.45) is 0 Å². The average Bonchev–Trinajstić information content (AvgIpc) is 2.98. The standard InChI is InChI=1S/C16H15F2NO6S/c1-9(20)24-13-14(21)16(2,10-6-11(17)8-12(18)7-10)25-15(13)19-4-3-5-26(19,22)23/h6-8H,3-5H2,1-2H3. The van der Waals surface area contributed by atoms with E-state index in [0.717, 1.165) is 23.4 Å². The normalized spacial score (nSPS) is 24.8. The average molecular weight is 387 g/mol. The van der Waals surface area contributed by atoms with Gasteiger partial charge >= 0.3 is 5.97 Å². The minimum atomic E-state index is -3.75. The molecular formula is C16H15F2NO6S. The van der Waals surface area contributed by atoms with Crippen LogP contribution in [0.2, 0.25) is 0 Å². The van der Waals surface area contributed by atoms with Crippen molar-refractivity contribution in [1.29, 1.82) is 0 Å². The molecule has 1 atom stereocenters. The SMILES string of the molecule is CC(=O)OC1=C(N2CCCS2(=O)=O)OC(C)(c2cc(F)cc(F)c2)C1=O. The minimum Gasteiger partial charge on any atom is -0.456 e. The quantitative estimate of drug-likeness (QED) is 0.731. The Morgan fingerprint density at radius 2 is 1.88 bits per heavy atom. The third-order valence-electron chi connectivity index (χ3n) is 4.12. The number of halogens is 2. The first kappa shape index (κ1) is 18.3. The van der Waals surface area contributed by atoms with Crippen LogP contribution < -0.4 is 0 Å². The summed E-state index contributed by atoms with van der Waals surface area (Å²) in [5.41, 5.74) is -2.11. The molecule has 140 valence electrons. The van der Waals surface area contributed by atoms with Gasteiger partial charge in [0.05, 0.1) is 5.75 Å². The highest BCUT2D eigenvalue weighted by atomic mass is 32.2. The molecule has 1 fully saturated rings. The first-order valence-corrected chi connectivity index (χ1v) is 9.29. The molecule has 26 heavy (non-hydrogen) atoms. The largest absolute Gasteiger partial charge is 0.456 e. The summed E-state index contributed by atoms with van der Waals surface area (Å²) in [6.45, 7) is 2.29. The second-order valence-corrected chi connectivity index (χ2v) is 8.11. The zero-order valence-corrected chi connectivity index (χ0v) is 14.7. The van der Waals surface area contributed by atoms with E-state index in [1.807, 2.05) is 0 Å². The Morgan fingerprint density at radius 1 is 1.27 bits per heavy atom. The summed E-state index contributed by atoms with van der Waals surface area (Å²) in [6, 6.07) is 2.42. The van der Waals surface area contributed by atoms with Crippen LogP contribution in [0.25, 0.3) is 0 Å². The van der Waals surface area contributed by atoms with Crippen molar-refractivity contribution < 1.29 is 36.3 Å². The van der Waals surface area contributed by atoms with Crippen molar-refractivity contribution in [3.05, 3.63) is 47.0 Å². The number of ether oxygens (including phenoxy) is 2. The van der Waals surface area contributed by atoms with Crippen LogP contribution in [0.4, 0.5) is 8.78 Å². The van der Waals surface area contributed by atoms with E-state index in [0.29, 0.717) is 12.5 Å². The Kier molecular flexibility index (Phi) is 4.26. The summed E-state index contributed by atoms with van der Waals surface area (Å²) in [5, 5.41) is 0. The predicted molar refractivity (Wildman–Crippen MR) is 83.7 cm³/mol. The highest BCUT2D eigenvalue weighted by molar-refractivity contribution is 7.89. The molecule has 1 unspecified atom stereocenters. The van der Waals surface area contributed by atoms with Gasteiger partial charge in [-0.1, -0.05) is 0 Å². The Hall–Kier alpha value is -2.49. The molecule has 10 heteroatoms. The topological polar surface area (TPSA) is 90.0 Å². The fourth-order valence-electron chi connectivity index (χ4n) is 2.88. The van der Waals surface area contributed by atoms with E-state index in [1.165, 1.54) is 6.92 Å². The summed E-state index contributed by atoms with van der Waals surface area (Å²) in [7, 11) is -3.75. The van der Waals surface area contributed by atoms with Crippen molar-refractivity contribution in [1.82, 2.24) is 4.31 Å². The summed E-state index contributed by atoms with van der Waals surface area (Å²) in [6.07, 6.45) is 0.294. The highest BCUT2D eigenvalue weighted by Crippen LogP contribution is 2.42. The van der Waals surface area contributed by atoms with E-state index in [2.05, 4.69) is 0 Å². The first-order chi connectivity index (χ1) is 12.0. The molecule has 2 heterocycles. The molecule has 0 aliphatic carbocycles. The molecule has 0 amide bonds. The van der Waals surface area contributed by atoms with Gasteiger partial charge in [-0.25, -0.2) is 21.5 Å². The number of sulfonamides is 1. The van der Waals surface area contributed by atoms with Gasteiger partial charge in [-0.05, 0) is 25.5 Å².